The summed E-state index contributed by atoms with van der Waals surface area (Å²) in [4.78, 5) is 22.5. The van der Waals surface area contributed by atoms with Crippen molar-refractivity contribution in [2.24, 2.45) is 5.92 Å². The lowest BCUT2D eigenvalue weighted by Gasteiger charge is -2.30. The Bertz CT molecular complexity index is 668. The fraction of sp³-hybridized carbons (Fsp3) is 0.471. The number of carbonyl (C=O) groups excluding carboxylic acids is 1. The summed E-state index contributed by atoms with van der Waals surface area (Å²) in [6.45, 7) is 7.93. The number of carbonyl (C=O) groups is 1. The number of nitrogens with zero attached hydrogens (tertiary/aromatic N) is 1. The Morgan fingerprint density at radius 3 is 2.61 bits per heavy atom. The van der Waals surface area contributed by atoms with Crippen LogP contribution >= 0.6 is 0 Å². The summed E-state index contributed by atoms with van der Waals surface area (Å²) in [6, 6.07) is 5.42. The number of hydrogen-bond acceptors (Lipinski definition) is 5. The van der Waals surface area contributed by atoms with Crippen molar-refractivity contribution in [2.45, 2.75) is 44.5 Å². The summed E-state index contributed by atoms with van der Waals surface area (Å²) in [5.74, 6) is -0.201. The van der Waals surface area contributed by atoms with E-state index in [1.165, 1.54) is 24.3 Å². The van der Waals surface area contributed by atoms with E-state index in [1.54, 1.807) is 0 Å². The summed E-state index contributed by atoms with van der Waals surface area (Å²) in [5.41, 5.74) is 0.898. The molecule has 0 amide bonds. The lowest BCUT2D eigenvalue weighted by atomic mass is 9.78. The lowest BCUT2D eigenvalue weighted by molar-refractivity contribution is -0.384. The molecule has 23 heavy (non-hydrogen) atoms. The van der Waals surface area contributed by atoms with Crippen molar-refractivity contribution in [3.05, 3.63) is 52.1 Å². The molecule has 0 N–H and O–H groups in total. The van der Waals surface area contributed by atoms with Crippen LogP contribution < -0.4 is 0 Å². The highest BCUT2D eigenvalue weighted by molar-refractivity contribution is 5.89. The van der Waals surface area contributed by atoms with E-state index in [1.807, 2.05) is 13.8 Å². The molecule has 1 aliphatic carbocycles. The number of ether oxygens (including phenoxy) is 2. The maximum atomic E-state index is 12.3. The first-order chi connectivity index (χ1) is 10.8. The smallest absolute Gasteiger partial charge is 0.338 e. The van der Waals surface area contributed by atoms with Gasteiger partial charge in [-0.05, 0) is 44.7 Å². The molecule has 1 heterocycles. The Labute approximate surface area is 134 Å². The zero-order valence-corrected chi connectivity index (χ0v) is 13.2. The Kier molecular flexibility index (Phi) is 3.72. The van der Waals surface area contributed by atoms with Crippen molar-refractivity contribution in [2.75, 3.05) is 0 Å². The quantitative estimate of drug-likeness (QED) is 0.280. The second-order valence-corrected chi connectivity index (χ2v) is 6.50. The van der Waals surface area contributed by atoms with Gasteiger partial charge in [0, 0.05) is 12.1 Å². The van der Waals surface area contributed by atoms with E-state index < -0.39 is 16.5 Å². The summed E-state index contributed by atoms with van der Waals surface area (Å²) < 4.78 is 11.4. The van der Waals surface area contributed by atoms with Crippen molar-refractivity contribution in [3.8, 4) is 0 Å². The largest absolute Gasteiger partial charge is 0.456 e. The van der Waals surface area contributed by atoms with Gasteiger partial charge in [0.2, 0.25) is 0 Å². The highest BCUT2D eigenvalue weighted by atomic mass is 16.6. The Hall–Kier alpha value is -2.21. The fourth-order valence-corrected chi connectivity index (χ4v) is 3.17. The van der Waals surface area contributed by atoms with Crippen molar-refractivity contribution in [3.63, 3.8) is 0 Å². The molecule has 3 rings (SSSR count). The molecule has 1 aromatic carbocycles. The minimum absolute atomic E-state index is 0.0564. The summed E-state index contributed by atoms with van der Waals surface area (Å²) in [7, 11) is 0. The molecule has 0 aromatic heterocycles. The molecule has 1 saturated heterocycles. The van der Waals surface area contributed by atoms with Gasteiger partial charge in [0.25, 0.3) is 5.69 Å². The molecule has 2 fully saturated rings. The fourth-order valence-electron chi connectivity index (χ4n) is 3.17. The second-order valence-electron chi connectivity index (χ2n) is 6.50. The van der Waals surface area contributed by atoms with E-state index in [2.05, 4.69) is 6.58 Å². The predicted octanol–water partition coefficient (Wildman–Crippen LogP) is 3.26. The molecule has 4 atom stereocenters. The van der Waals surface area contributed by atoms with E-state index in [0.29, 0.717) is 12.0 Å². The van der Waals surface area contributed by atoms with Crippen molar-refractivity contribution < 1.29 is 19.2 Å². The number of rotatable bonds is 4. The molecule has 2 aliphatic rings. The molecule has 0 spiro atoms. The van der Waals surface area contributed by atoms with E-state index in [9.17, 15) is 14.9 Å². The third kappa shape index (κ3) is 2.86. The van der Waals surface area contributed by atoms with Crippen LogP contribution in [0, 0.1) is 16.0 Å². The molecule has 1 aliphatic heterocycles. The number of allylic oxidation sites excluding steroid dienone is 1. The summed E-state index contributed by atoms with van der Waals surface area (Å²) in [5, 5.41) is 10.7. The SMILES string of the molecule is C=C(C)[C@@H]1C[C@@H](OC(=O)c2ccc([N+](=O)[O-])cc2)[C@]2(C)O[C@@H]2C1. The number of non-ortho nitro benzene ring substituents is 1. The Balaban J connectivity index is 1.71. The first-order valence-electron chi connectivity index (χ1n) is 7.60. The van der Waals surface area contributed by atoms with Crippen LogP contribution in [0.2, 0.25) is 0 Å². The number of esters is 1. The zero-order valence-electron chi connectivity index (χ0n) is 13.2. The molecule has 0 unspecified atom stereocenters. The molecule has 6 heteroatoms. The van der Waals surface area contributed by atoms with Gasteiger partial charge >= 0.3 is 5.97 Å². The number of fused-ring (bicyclic) bond motifs is 1. The molecule has 1 saturated carbocycles. The van der Waals surface area contributed by atoms with Crippen molar-refractivity contribution in [1.82, 2.24) is 0 Å². The van der Waals surface area contributed by atoms with Crippen LogP contribution in [-0.2, 0) is 9.47 Å². The summed E-state index contributed by atoms with van der Waals surface area (Å²) >= 11 is 0. The topological polar surface area (TPSA) is 82.0 Å². The Morgan fingerprint density at radius 2 is 2.04 bits per heavy atom. The minimum atomic E-state index is -0.503. The summed E-state index contributed by atoms with van der Waals surface area (Å²) in [6.07, 6.45) is 1.39. The van der Waals surface area contributed by atoms with Gasteiger partial charge in [0.15, 0.2) is 0 Å². The molecule has 122 valence electrons. The third-order valence-electron chi connectivity index (χ3n) is 4.87. The van der Waals surface area contributed by atoms with Crippen molar-refractivity contribution >= 4 is 11.7 Å². The highest BCUT2D eigenvalue weighted by Gasteiger charge is 2.63. The molecule has 6 nitrogen and oxygen atoms in total. The van der Waals surface area contributed by atoms with Gasteiger partial charge in [-0.1, -0.05) is 12.2 Å². The minimum Gasteiger partial charge on any atom is -0.456 e. The van der Waals surface area contributed by atoms with Gasteiger partial charge in [0.1, 0.15) is 11.7 Å². The normalized spacial score (nSPS) is 31.8. The van der Waals surface area contributed by atoms with Crippen LogP contribution in [0.25, 0.3) is 0 Å². The number of benzene rings is 1. The number of epoxide rings is 1. The first-order valence-corrected chi connectivity index (χ1v) is 7.60. The number of hydrogen-bond donors (Lipinski definition) is 0. The van der Waals surface area contributed by atoms with Gasteiger partial charge in [-0.25, -0.2) is 4.79 Å². The van der Waals surface area contributed by atoms with Crippen molar-refractivity contribution in [1.29, 1.82) is 0 Å². The first kappa shape index (κ1) is 15.7. The monoisotopic (exact) mass is 317 g/mol. The van der Waals surface area contributed by atoms with Crippen LogP contribution in [0.3, 0.4) is 0 Å². The van der Waals surface area contributed by atoms with E-state index >= 15 is 0 Å². The molecule has 0 radical (unpaired) electrons. The van der Waals surface area contributed by atoms with Gasteiger partial charge in [-0.3, -0.25) is 10.1 Å². The van der Waals surface area contributed by atoms with Crippen LogP contribution in [0.1, 0.15) is 37.0 Å². The molecular formula is C17H19NO5. The van der Waals surface area contributed by atoms with Gasteiger partial charge in [-0.2, -0.15) is 0 Å². The molecular weight excluding hydrogens is 298 g/mol. The maximum absolute atomic E-state index is 12.3. The zero-order chi connectivity index (χ0) is 16.8. The van der Waals surface area contributed by atoms with E-state index in [-0.39, 0.29) is 23.8 Å². The standard InChI is InChI=1S/C17H19NO5/c1-10(2)12-8-14(17(3)15(9-12)23-17)22-16(19)11-4-6-13(7-5-11)18(20)21/h4-7,12,14-15H,1,8-9H2,2-3H3/t12-,14-,15-,17+/m1/s1. The average molecular weight is 317 g/mol. The second kappa shape index (κ2) is 5.45. The average Bonchev–Trinajstić information content (AvgIpc) is 3.19. The van der Waals surface area contributed by atoms with Crippen LogP contribution in [0.4, 0.5) is 5.69 Å². The van der Waals surface area contributed by atoms with Gasteiger partial charge in [-0.15, -0.1) is 0 Å². The Morgan fingerprint density at radius 1 is 1.39 bits per heavy atom. The third-order valence-corrected chi connectivity index (χ3v) is 4.87. The number of nitro groups is 1. The van der Waals surface area contributed by atoms with Crippen LogP contribution in [0.15, 0.2) is 36.4 Å². The number of nitro benzene ring substituents is 1. The van der Waals surface area contributed by atoms with Crippen LogP contribution in [-0.4, -0.2) is 28.7 Å². The van der Waals surface area contributed by atoms with E-state index in [4.69, 9.17) is 9.47 Å². The lowest BCUT2D eigenvalue weighted by Crippen LogP contribution is -2.40. The van der Waals surface area contributed by atoms with Gasteiger partial charge < -0.3 is 9.47 Å². The van der Waals surface area contributed by atoms with Crippen LogP contribution in [0.5, 0.6) is 0 Å². The van der Waals surface area contributed by atoms with Gasteiger partial charge in [0.05, 0.1) is 16.6 Å². The molecule has 0 bridgehead atoms. The maximum Gasteiger partial charge on any atom is 0.338 e. The predicted molar refractivity (Wildman–Crippen MR) is 83.1 cm³/mol. The highest BCUT2D eigenvalue weighted by Crippen LogP contribution is 2.52. The molecule has 1 aromatic rings. The van der Waals surface area contributed by atoms with E-state index in [0.717, 1.165) is 12.0 Å².